The number of hydrogen-bond acceptors (Lipinski definition) is 6. The second kappa shape index (κ2) is 10.7. The molecule has 0 aliphatic carbocycles. The number of pyridine rings is 1. The second-order valence-corrected chi connectivity index (χ2v) is 10.9. The summed E-state index contributed by atoms with van der Waals surface area (Å²) in [6.45, 7) is 10.5. The fourth-order valence-electron chi connectivity index (χ4n) is 3.90. The molecule has 0 spiro atoms. The van der Waals surface area contributed by atoms with Crippen LogP contribution in [0.2, 0.25) is 0 Å². The van der Waals surface area contributed by atoms with Crippen molar-refractivity contribution in [1.29, 1.82) is 0 Å². The normalized spacial score (nSPS) is 12.3. The van der Waals surface area contributed by atoms with E-state index >= 15 is 0 Å². The average molecular weight is 516 g/mol. The number of carbonyl (C=O) groups excluding carboxylic acids is 2. The van der Waals surface area contributed by atoms with Crippen molar-refractivity contribution in [2.24, 2.45) is 0 Å². The van der Waals surface area contributed by atoms with Crippen molar-refractivity contribution in [3.63, 3.8) is 0 Å². The maximum Gasteiger partial charge on any atom is 0.431 e. The number of H-pyrrole nitrogens is 1. The molecule has 8 heteroatoms. The maximum absolute atomic E-state index is 13.3. The van der Waals surface area contributed by atoms with Crippen LogP contribution < -0.4 is 5.48 Å². The highest BCUT2D eigenvalue weighted by Crippen LogP contribution is 2.31. The van der Waals surface area contributed by atoms with Crippen LogP contribution in [0.15, 0.2) is 54.7 Å². The molecule has 2 aromatic heterocycles. The topological polar surface area (TPSA) is 103 Å². The number of carbonyl (C=O) groups is 2. The molecule has 0 fully saturated rings. The quantitative estimate of drug-likeness (QED) is 0.216. The molecule has 0 unspecified atom stereocenters. The van der Waals surface area contributed by atoms with Gasteiger partial charge >= 0.3 is 12.1 Å². The summed E-state index contributed by atoms with van der Waals surface area (Å²) in [5.41, 5.74) is 4.13. The molecule has 4 rings (SSSR count). The number of amides is 1. The van der Waals surface area contributed by atoms with Crippen molar-refractivity contribution in [1.82, 2.24) is 15.4 Å². The third kappa shape index (κ3) is 6.77. The summed E-state index contributed by atoms with van der Waals surface area (Å²) in [6, 6.07) is 15.8. The van der Waals surface area contributed by atoms with E-state index in [4.69, 9.17) is 19.3 Å². The monoisotopic (exact) mass is 515 g/mol. The van der Waals surface area contributed by atoms with Gasteiger partial charge in [0.15, 0.2) is 0 Å². The van der Waals surface area contributed by atoms with Gasteiger partial charge in [0.25, 0.3) is 0 Å². The van der Waals surface area contributed by atoms with Crippen molar-refractivity contribution in [2.45, 2.75) is 59.4 Å². The van der Waals surface area contributed by atoms with Gasteiger partial charge in [-0.25, -0.2) is 14.6 Å². The summed E-state index contributed by atoms with van der Waals surface area (Å²) in [7, 11) is 0. The number of aromatic nitrogens is 2. The summed E-state index contributed by atoms with van der Waals surface area (Å²) < 4.78 is 10.9. The van der Waals surface area contributed by atoms with Crippen molar-refractivity contribution < 1.29 is 23.9 Å². The van der Waals surface area contributed by atoms with Gasteiger partial charge in [0.05, 0.1) is 16.8 Å². The Morgan fingerprint density at radius 1 is 0.921 bits per heavy atom. The lowest BCUT2D eigenvalue weighted by atomic mass is 10.0. The molecule has 4 aromatic rings. The lowest BCUT2D eigenvalue weighted by Crippen LogP contribution is -2.32. The summed E-state index contributed by atoms with van der Waals surface area (Å²) in [5.74, 6) is -0.512. The molecule has 2 N–H and O–H groups in total. The van der Waals surface area contributed by atoms with Crippen LogP contribution in [-0.4, -0.2) is 33.2 Å². The van der Waals surface area contributed by atoms with Crippen LogP contribution in [0.5, 0.6) is 0 Å². The van der Waals surface area contributed by atoms with Crippen LogP contribution in [0, 0.1) is 0 Å². The predicted octanol–water partition coefficient (Wildman–Crippen LogP) is 6.80. The summed E-state index contributed by atoms with van der Waals surface area (Å²) in [4.78, 5) is 38.7. The molecule has 198 valence electrons. The lowest BCUT2D eigenvalue weighted by molar-refractivity contribution is -0.0149. The Balaban J connectivity index is 1.72. The SMILES string of the molecule is CC(C)(C)OC(=O)NOCc1nc2c(ccc3c[nH]c(C=Cc4ccccc4)cc32)c1C(=O)OC(C)(C)C. The van der Waals surface area contributed by atoms with E-state index in [-0.39, 0.29) is 6.61 Å². The van der Waals surface area contributed by atoms with Crippen LogP contribution in [0.3, 0.4) is 0 Å². The molecule has 1 amide bonds. The minimum atomic E-state index is -0.733. The number of esters is 1. The smallest absolute Gasteiger partial charge is 0.431 e. The third-order valence-corrected chi connectivity index (χ3v) is 5.37. The van der Waals surface area contributed by atoms with Gasteiger partial charge in [-0.1, -0.05) is 48.5 Å². The van der Waals surface area contributed by atoms with Crippen LogP contribution >= 0.6 is 0 Å². The Labute approximate surface area is 222 Å². The van der Waals surface area contributed by atoms with E-state index in [0.29, 0.717) is 22.2 Å². The van der Waals surface area contributed by atoms with E-state index in [1.54, 1.807) is 41.5 Å². The summed E-state index contributed by atoms with van der Waals surface area (Å²) >= 11 is 0. The first kappa shape index (κ1) is 26.9. The van der Waals surface area contributed by atoms with Crippen LogP contribution in [0.4, 0.5) is 4.79 Å². The Morgan fingerprint density at radius 2 is 1.63 bits per heavy atom. The number of ether oxygens (including phenoxy) is 2. The first-order valence-electron chi connectivity index (χ1n) is 12.4. The van der Waals surface area contributed by atoms with E-state index in [1.165, 1.54) is 0 Å². The number of benzene rings is 2. The predicted molar refractivity (Wildman–Crippen MR) is 148 cm³/mol. The van der Waals surface area contributed by atoms with Gasteiger partial charge in [-0.2, -0.15) is 5.48 Å². The van der Waals surface area contributed by atoms with E-state index in [2.05, 4.69) is 10.5 Å². The molecule has 0 aliphatic heterocycles. The molecule has 2 aromatic carbocycles. The van der Waals surface area contributed by atoms with Gasteiger partial charge in [-0.05, 0) is 64.6 Å². The van der Waals surface area contributed by atoms with Crippen LogP contribution in [-0.2, 0) is 20.9 Å². The molecule has 0 atom stereocenters. The third-order valence-electron chi connectivity index (χ3n) is 5.37. The first-order valence-corrected chi connectivity index (χ1v) is 12.4. The average Bonchev–Trinajstić information content (AvgIpc) is 3.20. The summed E-state index contributed by atoms with van der Waals surface area (Å²) in [6.07, 6.45) is 5.18. The second-order valence-electron chi connectivity index (χ2n) is 10.9. The molecule has 0 aliphatic rings. The number of nitrogens with one attached hydrogen (secondary N) is 2. The molecule has 8 nitrogen and oxygen atoms in total. The highest BCUT2D eigenvalue weighted by atomic mass is 16.7. The number of hydroxylamine groups is 1. The number of nitrogens with zero attached hydrogens (tertiary/aromatic N) is 1. The first-order chi connectivity index (χ1) is 17.9. The van der Waals surface area contributed by atoms with Crippen molar-refractivity contribution >= 4 is 45.9 Å². The highest BCUT2D eigenvalue weighted by molar-refractivity contribution is 6.14. The van der Waals surface area contributed by atoms with E-state index in [9.17, 15) is 9.59 Å². The summed E-state index contributed by atoms with van der Waals surface area (Å²) in [5, 5.41) is 2.44. The van der Waals surface area contributed by atoms with E-state index < -0.39 is 23.3 Å². The van der Waals surface area contributed by atoms with Gasteiger partial charge in [0.1, 0.15) is 17.8 Å². The number of hydrogen-bond donors (Lipinski definition) is 2. The largest absolute Gasteiger partial charge is 0.456 e. The Bertz CT molecular complexity index is 1490. The van der Waals surface area contributed by atoms with Crippen LogP contribution in [0.25, 0.3) is 33.8 Å². The van der Waals surface area contributed by atoms with Gasteiger partial charge in [-0.15, -0.1) is 0 Å². The van der Waals surface area contributed by atoms with Gasteiger partial charge in [0.2, 0.25) is 0 Å². The van der Waals surface area contributed by atoms with Gasteiger partial charge in [0, 0.05) is 22.7 Å². The Kier molecular flexibility index (Phi) is 7.55. The fraction of sp³-hybridized carbons (Fsp3) is 0.300. The molecule has 0 saturated carbocycles. The minimum absolute atomic E-state index is 0.149. The molecule has 38 heavy (non-hydrogen) atoms. The van der Waals surface area contributed by atoms with Crippen molar-refractivity contribution in [2.75, 3.05) is 0 Å². The van der Waals surface area contributed by atoms with Gasteiger partial charge in [-0.3, -0.25) is 4.84 Å². The van der Waals surface area contributed by atoms with Crippen molar-refractivity contribution in [3.05, 3.63) is 77.2 Å². The maximum atomic E-state index is 13.3. The van der Waals surface area contributed by atoms with E-state index in [0.717, 1.165) is 22.0 Å². The van der Waals surface area contributed by atoms with E-state index in [1.807, 2.05) is 66.9 Å². The number of rotatable bonds is 6. The number of fused-ring (bicyclic) bond motifs is 3. The molecular formula is C30H33N3O5. The fourth-order valence-corrected chi connectivity index (χ4v) is 3.90. The van der Waals surface area contributed by atoms with Crippen molar-refractivity contribution in [3.8, 4) is 0 Å². The standard InChI is InChI=1S/C30H33N3O5/c1-29(2,3)37-27(34)25-22-15-13-20-17-31-21(14-12-19-10-8-7-9-11-19)16-23(20)26(22)32-24(25)18-36-33-28(35)38-30(4,5)6/h7-17,31H,18H2,1-6H3,(H,33,35). The molecule has 0 bridgehead atoms. The van der Waals surface area contributed by atoms with Gasteiger partial charge < -0.3 is 14.5 Å². The lowest BCUT2D eigenvalue weighted by Gasteiger charge is -2.20. The van der Waals surface area contributed by atoms with Crippen LogP contribution in [0.1, 0.15) is 68.9 Å². The highest BCUT2D eigenvalue weighted by Gasteiger charge is 2.26. The number of aromatic amines is 1. The Hall–Kier alpha value is -4.17. The molecule has 2 heterocycles. The Morgan fingerprint density at radius 3 is 2.32 bits per heavy atom. The molecular weight excluding hydrogens is 482 g/mol. The zero-order chi connectivity index (χ0) is 27.5. The minimum Gasteiger partial charge on any atom is -0.456 e. The zero-order valence-corrected chi connectivity index (χ0v) is 22.5. The molecule has 0 saturated heterocycles. The zero-order valence-electron chi connectivity index (χ0n) is 22.5. The molecule has 0 radical (unpaired) electrons.